The van der Waals surface area contributed by atoms with E-state index < -0.39 is 15.5 Å². The minimum atomic E-state index is -5.23. The molecule has 2 aliphatic heterocycles. The van der Waals surface area contributed by atoms with E-state index in [1.807, 2.05) is 6.92 Å². The highest BCUT2D eigenvalue weighted by molar-refractivity contribution is 7.90. The third-order valence-corrected chi connectivity index (χ3v) is 7.32. The maximum atomic E-state index is 12.7. The van der Waals surface area contributed by atoms with Crippen molar-refractivity contribution >= 4 is 16.0 Å². The van der Waals surface area contributed by atoms with Crippen LogP contribution in [0, 0.1) is 5.92 Å². The van der Waals surface area contributed by atoms with E-state index in [4.69, 9.17) is 0 Å². The Morgan fingerprint density at radius 3 is 2.38 bits per heavy atom. The Morgan fingerprint density at radius 2 is 1.79 bits per heavy atom. The summed E-state index contributed by atoms with van der Waals surface area (Å²) in [5, 5.41) is 6.51. The van der Waals surface area contributed by atoms with E-state index in [-0.39, 0.29) is 19.0 Å². The summed E-state index contributed by atoms with van der Waals surface area (Å²) < 4.78 is 61.5. The van der Waals surface area contributed by atoms with Gasteiger partial charge in [0.2, 0.25) is 0 Å². The second-order valence-corrected chi connectivity index (χ2v) is 9.75. The van der Waals surface area contributed by atoms with Gasteiger partial charge in [-0.2, -0.15) is 17.5 Å². The first-order chi connectivity index (χ1) is 13.6. The number of guanidine groups is 1. The number of rotatable bonds is 7. The molecule has 0 spiro atoms. The van der Waals surface area contributed by atoms with Gasteiger partial charge in [0.15, 0.2) is 5.96 Å². The molecule has 0 aromatic rings. The average Bonchev–Trinajstić information content (AvgIpc) is 2.67. The summed E-state index contributed by atoms with van der Waals surface area (Å²) in [6.07, 6.45) is 4.52. The number of hydrogen-bond acceptors (Lipinski definition) is 4. The molecule has 11 heteroatoms. The van der Waals surface area contributed by atoms with E-state index in [2.05, 4.69) is 27.4 Å². The van der Waals surface area contributed by atoms with Crippen molar-refractivity contribution in [2.45, 2.75) is 57.5 Å². The maximum Gasteiger partial charge on any atom is 0.511 e. The molecule has 0 aromatic heterocycles. The van der Waals surface area contributed by atoms with Crippen LogP contribution in [0.1, 0.15) is 46.0 Å². The lowest BCUT2D eigenvalue weighted by molar-refractivity contribution is -0.0496. The van der Waals surface area contributed by atoms with Crippen LogP contribution in [0.5, 0.6) is 0 Å². The molecular formula is C18H34F3N5O2S. The van der Waals surface area contributed by atoms with E-state index in [1.54, 1.807) is 0 Å². The second-order valence-electron chi connectivity index (χ2n) is 7.82. The largest absolute Gasteiger partial charge is 0.511 e. The van der Waals surface area contributed by atoms with Crippen LogP contribution in [0.25, 0.3) is 0 Å². The Balaban J connectivity index is 1.78. The van der Waals surface area contributed by atoms with Gasteiger partial charge in [0.1, 0.15) is 0 Å². The number of halogens is 3. The molecule has 0 amide bonds. The third-order valence-electron chi connectivity index (χ3n) is 5.69. The summed E-state index contributed by atoms with van der Waals surface area (Å²) in [4.78, 5) is 7.03. The van der Waals surface area contributed by atoms with Crippen molar-refractivity contribution < 1.29 is 21.6 Å². The Bertz CT molecular complexity index is 634. The standard InChI is InChI=1S/C18H34F3N5O2S/c1-3-22-17(23-9-13-25-10-5-4-6-15(25)2)24-14-16-7-11-26(12-8-16)29(27,28)18(19,20)21/h15-16H,3-14H2,1-2H3,(H2,22,23,24). The van der Waals surface area contributed by atoms with Crippen molar-refractivity contribution in [3.63, 3.8) is 0 Å². The van der Waals surface area contributed by atoms with Crippen molar-refractivity contribution in [1.29, 1.82) is 0 Å². The number of sulfonamides is 1. The fourth-order valence-electron chi connectivity index (χ4n) is 3.85. The molecule has 2 rings (SSSR count). The SMILES string of the molecule is CCNC(=NCC1CCN(S(=O)(=O)C(F)(F)F)CC1)NCCN1CCCCC1C. The summed E-state index contributed by atoms with van der Waals surface area (Å²) in [7, 11) is -5.22. The highest BCUT2D eigenvalue weighted by atomic mass is 32.2. The predicted molar refractivity (Wildman–Crippen MR) is 108 cm³/mol. The van der Waals surface area contributed by atoms with Gasteiger partial charge in [-0.25, -0.2) is 8.42 Å². The zero-order chi connectivity index (χ0) is 21.5. The molecule has 170 valence electrons. The minimum Gasteiger partial charge on any atom is -0.357 e. The molecule has 0 saturated carbocycles. The molecule has 2 aliphatic rings. The molecule has 0 aliphatic carbocycles. The molecule has 2 fully saturated rings. The number of hydrogen-bond donors (Lipinski definition) is 2. The topological polar surface area (TPSA) is 77.0 Å². The predicted octanol–water partition coefficient (Wildman–Crippen LogP) is 1.98. The van der Waals surface area contributed by atoms with Crippen LogP contribution >= 0.6 is 0 Å². The number of nitrogens with one attached hydrogen (secondary N) is 2. The normalized spacial score (nSPS) is 23.9. The van der Waals surface area contributed by atoms with Crippen LogP contribution in [-0.4, -0.2) is 80.9 Å². The maximum absolute atomic E-state index is 12.7. The van der Waals surface area contributed by atoms with E-state index >= 15 is 0 Å². The van der Waals surface area contributed by atoms with Gasteiger partial charge in [-0.15, -0.1) is 0 Å². The highest BCUT2D eigenvalue weighted by Gasteiger charge is 2.50. The summed E-state index contributed by atoms with van der Waals surface area (Å²) >= 11 is 0. The van der Waals surface area contributed by atoms with Gasteiger partial charge in [0.25, 0.3) is 0 Å². The Labute approximate surface area is 172 Å². The van der Waals surface area contributed by atoms with Gasteiger partial charge < -0.3 is 10.6 Å². The molecule has 0 radical (unpaired) electrons. The Morgan fingerprint density at radius 1 is 1.10 bits per heavy atom. The number of nitrogens with zero attached hydrogens (tertiary/aromatic N) is 3. The lowest BCUT2D eigenvalue weighted by atomic mass is 9.98. The van der Waals surface area contributed by atoms with Gasteiger partial charge in [-0.05, 0) is 52.0 Å². The van der Waals surface area contributed by atoms with Crippen molar-refractivity contribution in [3.8, 4) is 0 Å². The lowest BCUT2D eigenvalue weighted by Crippen LogP contribution is -2.46. The van der Waals surface area contributed by atoms with E-state index in [9.17, 15) is 21.6 Å². The molecule has 0 aromatic carbocycles. The molecule has 2 N–H and O–H groups in total. The quantitative estimate of drug-likeness (QED) is 0.467. The van der Waals surface area contributed by atoms with Crippen molar-refractivity contribution in [1.82, 2.24) is 19.8 Å². The molecule has 2 heterocycles. The molecule has 7 nitrogen and oxygen atoms in total. The molecule has 1 unspecified atom stereocenters. The van der Waals surface area contributed by atoms with E-state index in [0.717, 1.165) is 19.6 Å². The fourth-order valence-corrected chi connectivity index (χ4v) is 4.83. The lowest BCUT2D eigenvalue weighted by Gasteiger charge is -2.33. The molecule has 29 heavy (non-hydrogen) atoms. The summed E-state index contributed by atoms with van der Waals surface area (Å²) in [6, 6.07) is 0.600. The van der Waals surface area contributed by atoms with Crippen LogP contribution in [-0.2, 0) is 10.0 Å². The van der Waals surface area contributed by atoms with Crippen LogP contribution in [0.2, 0.25) is 0 Å². The number of aliphatic imine (C=N–C) groups is 1. The first-order valence-corrected chi connectivity index (χ1v) is 11.9. The molecule has 1 atom stereocenters. The third kappa shape index (κ3) is 6.99. The molecule has 2 saturated heterocycles. The minimum absolute atomic E-state index is 0.0762. The highest BCUT2D eigenvalue weighted by Crippen LogP contribution is 2.30. The second kappa shape index (κ2) is 10.8. The van der Waals surface area contributed by atoms with Crippen LogP contribution in [0.3, 0.4) is 0 Å². The first-order valence-electron chi connectivity index (χ1n) is 10.5. The number of likely N-dealkylation sites (tertiary alicyclic amines) is 1. The fraction of sp³-hybridized carbons (Fsp3) is 0.944. The van der Waals surface area contributed by atoms with Gasteiger partial charge in [0.05, 0.1) is 0 Å². The zero-order valence-corrected chi connectivity index (χ0v) is 18.2. The van der Waals surface area contributed by atoms with Gasteiger partial charge >= 0.3 is 15.5 Å². The monoisotopic (exact) mass is 441 g/mol. The Hall–Kier alpha value is -1.07. The average molecular weight is 442 g/mol. The number of piperidine rings is 2. The first kappa shape index (κ1) is 24.2. The van der Waals surface area contributed by atoms with E-state index in [1.165, 1.54) is 19.3 Å². The van der Waals surface area contributed by atoms with Gasteiger partial charge in [-0.3, -0.25) is 9.89 Å². The van der Waals surface area contributed by atoms with Crippen molar-refractivity contribution in [2.24, 2.45) is 10.9 Å². The van der Waals surface area contributed by atoms with Gasteiger partial charge in [-0.1, -0.05) is 6.42 Å². The van der Waals surface area contributed by atoms with Gasteiger partial charge in [0, 0.05) is 45.3 Å². The van der Waals surface area contributed by atoms with Crippen LogP contribution in [0.15, 0.2) is 4.99 Å². The number of alkyl halides is 3. The van der Waals surface area contributed by atoms with Crippen molar-refractivity contribution in [2.75, 3.05) is 45.8 Å². The van der Waals surface area contributed by atoms with Crippen molar-refractivity contribution in [3.05, 3.63) is 0 Å². The molecule has 0 bridgehead atoms. The van der Waals surface area contributed by atoms with Crippen LogP contribution in [0.4, 0.5) is 13.2 Å². The summed E-state index contributed by atoms with van der Waals surface area (Å²) in [5.41, 5.74) is -5.23. The smallest absolute Gasteiger partial charge is 0.357 e. The van der Waals surface area contributed by atoms with E-state index in [0.29, 0.717) is 42.2 Å². The molecular weight excluding hydrogens is 407 g/mol. The van der Waals surface area contributed by atoms with Crippen LogP contribution < -0.4 is 10.6 Å². The Kier molecular flexibility index (Phi) is 9.02. The summed E-state index contributed by atoms with van der Waals surface area (Å²) in [5.74, 6) is 0.773. The zero-order valence-electron chi connectivity index (χ0n) is 17.3. The summed E-state index contributed by atoms with van der Waals surface area (Å²) in [6.45, 7) is 8.03.